The highest BCUT2D eigenvalue weighted by Gasteiger charge is 2.24. The molecule has 2 aromatic carbocycles. The van der Waals surface area contributed by atoms with Crippen molar-refractivity contribution in [2.45, 2.75) is 11.4 Å². The van der Waals surface area contributed by atoms with Gasteiger partial charge in [0.25, 0.3) is 5.91 Å². The van der Waals surface area contributed by atoms with Gasteiger partial charge in [-0.3, -0.25) is 4.79 Å². The van der Waals surface area contributed by atoms with Crippen molar-refractivity contribution in [3.05, 3.63) is 52.8 Å². The predicted octanol–water partition coefficient (Wildman–Crippen LogP) is 2.38. The lowest BCUT2D eigenvalue weighted by atomic mass is 10.2. The highest BCUT2D eigenvalue weighted by atomic mass is 32.2. The van der Waals surface area contributed by atoms with Gasteiger partial charge in [-0.05, 0) is 36.4 Å². The summed E-state index contributed by atoms with van der Waals surface area (Å²) in [4.78, 5) is 17.9. The average Bonchev–Trinajstić information content (AvgIpc) is 3.24. The van der Waals surface area contributed by atoms with E-state index in [0.29, 0.717) is 23.7 Å². The summed E-state index contributed by atoms with van der Waals surface area (Å²) in [6.07, 6.45) is 0. The van der Waals surface area contributed by atoms with Crippen molar-refractivity contribution in [1.82, 2.24) is 8.87 Å². The Morgan fingerprint density at radius 1 is 0.944 bits per heavy atom. The fourth-order valence-electron chi connectivity index (χ4n) is 3.55. The minimum absolute atomic E-state index is 0.0769. The van der Waals surface area contributed by atoms with Gasteiger partial charge in [0.15, 0.2) is 4.80 Å². The highest BCUT2D eigenvalue weighted by Crippen LogP contribution is 2.27. The molecule has 0 saturated carbocycles. The van der Waals surface area contributed by atoms with E-state index >= 15 is 0 Å². The van der Waals surface area contributed by atoms with Gasteiger partial charge in [0, 0.05) is 46.5 Å². The number of amides is 1. The Bertz CT molecular complexity index is 1320. The molecule has 0 spiro atoms. The number of carbonyl (C=O) groups excluding carboxylic acids is 1. The molecule has 0 aliphatic carbocycles. The van der Waals surface area contributed by atoms with E-state index in [1.54, 1.807) is 14.2 Å². The standard InChI is InChI=1S/C24H31N3O7S2/c1-31-15-12-26(13-16-32-2)36(29,30)19-10-8-18(9-11-19)23(28)25-24-27(14-17-33-3)22-20(34-4)6-5-7-21(22)35-24/h5-11H,12-17H2,1-4H3. The molecule has 12 heteroatoms. The lowest BCUT2D eigenvalue weighted by Gasteiger charge is -2.21. The Labute approximate surface area is 214 Å². The van der Waals surface area contributed by atoms with Crippen LogP contribution in [-0.4, -0.2) is 84.5 Å². The van der Waals surface area contributed by atoms with Crippen LogP contribution in [0, 0.1) is 0 Å². The first-order valence-corrected chi connectivity index (χ1v) is 13.5. The first-order valence-electron chi connectivity index (χ1n) is 11.2. The molecule has 10 nitrogen and oxygen atoms in total. The summed E-state index contributed by atoms with van der Waals surface area (Å²) in [5.74, 6) is 0.195. The van der Waals surface area contributed by atoms with Gasteiger partial charge in [-0.2, -0.15) is 9.30 Å². The largest absolute Gasteiger partial charge is 0.495 e. The molecule has 196 valence electrons. The van der Waals surface area contributed by atoms with Crippen LogP contribution in [0.2, 0.25) is 0 Å². The molecule has 3 rings (SSSR count). The Kier molecular flexibility index (Phi) is 10.2. The van der Waals surface area contributed by atoms with Gasteiger partial charge in [0.2, 0.25) is 10.0 Å². The molecule has 1 amide bonds. The summed E-state index contributed by atoms with van der Waals surface area (Å²) in [6.45, 7) is 1.80. The zero-order valence-corrected chi connectivity index (χ0v) is 22.4. The van der Waals surface area contributed by atoms with Crippen molar-refractivity contribution >= 4 is 37.5 Å². The molecule has 0 radical (unpaired) electrons. The first-order chi connectivity index (χ1) is 17.4. The maximum Gasteiger partial charge on any atom is 0.279 e. The number of rotatable bonds is 13. The van der Waals surface area contributed by atoms with E-state index in [2.05, 4.69) is 4.99 Å². The number of hydrogen-bond donors (Lipinski definition) is 0. The average molecular weight is 538 g/mol. The second kappa shape index (κ2) is 13.1. The third kappa shape index (κ3) is 6.38. The van der Waals surface area contributed by atoms with Crippen molar-refractivity contribution in [3.63, 3.8) is 0 Å². The first kappa shape index (κ1) is 28.0. The Morgan fingerprint density at radius 2 is 1.58 bits per heavy atom. The van der Waals surface area contributed by atoms with E-state index in [1.165, 1.54) is 54.1 Å². The third-order valence-corrected chi connectivity index (χ3v) is 8.39. The van der Waals surface area contributed by atoms with Crippen LogP contribution in [-0.2, 0) is 30.8 Å². The number of fused-ring (bicyclic) bond motifs is 1. The van der Waals surface area contributed by atoms with Crippen molar-refractivity contribution < 1.29 is 32.2 Å². The molecule has 0 aliphatic rings. The normalized spacial score (nSPS) is 12.5. The summed E-state index contributed by atoms with van der Waals surface area (Å²) in [6, 6.07) is 11.4. The number of benzene rings is 2. The highest BCUT2D eigenvalue weighted by molar-refractivity contribution is 7.89. The van der Waals surface area contributed by atoms with E-state index in [4.69, 9.17) is 18.9 Å². The van der Waals surface area contributed by atoms with Crippen molar-refractivity contribution in [2.24, 2.45) is 4.99 Å². The minimum Gasteiger partial charge on any atom is -0.495 e. The number of carbonyl (C=O) groups is 1. The van der Waals surface area contributed by atoms with Crippen LogP contribution in [0.3, 0.4) is 0 Å². The number of sulfonamides is 1. The topological polar surface area (TPSA) is 109 Å². The van der Waals surface area contributed by atoms with Gasteiger partial charge in [0.1, 0.15) is 11.3 Å². The van der Waals surface area contributed by atoms with Crippen LogP contribution >= 0.6 is 11.3 Å². The van der Waals surface area contributed by atoms with Crippen LogP contribution in [0.4, 0.5) is 0 Å². The zero-order valence-electron chi connectivity index (χ0n) is 20.8. The fourth-order valence-corrected chi connectivity index (χ4v) is 6.03. The summed E-state index contributed by atoms with van der Waals surface area (Å²) >= 11 is 1.37. The Morgan fingerprint density at radius 3 is 2.17 bits per heavy atom. The third-order valence-electron chi connectivity index (χ3n) is 5.43. The molecular formula is C24H31N3O7S2. The fraction of sp³-hybridized carbons (Fsp3) is 0.417. The van der Waals surface area contributed by atoms with Gasteiger partial charge in [-0.25, -0.2) is 8.42 Å². The monoisotopic (exact) mass is 537 g/mol. The summed E-state index contributed by atoms with van der Waals surface area (Å²) in [7, 11) is 2.43. The molecule has 1 heterocycles. The summed E-state index contributed by atoms with van der Waals surface area (Å²) < 4.78 is 51.1. The molecular weight excluding hydrogens is 506 g/mol. The van der Waals surface area contributed by atoms with E-state index in [9.17, 15) is 13.2 Å². The van der Waals surface area contributed by atoms with Crippen LogP contribution in [0.5, 0.6) is 5.75 Å². The molecule has 3 aromatic rings. The second-order valence-electron chi connectivity index (χ2n) is 7.67. The zero-order chi connectivity index (χ0) is 26.1. The number of methoxy groups -OCH3 is 4. The van der Waals surface area contributed by atoms with E-state index in [1.807, 2.05) is 22.8 Å². The summed E-state index contributed by atoms with van der Waals surface area (Å²) in [5, 5.41) is 0. The number of thiazole rings is 1. The number of aromatic nitrogens is 1. The molecule has 36 heavy (non-hydrogen) atoms. The van der Waals surface area contributed by atoms with Crippen molar-refractivity contribution in [2.75, 3.05) is 61.3 Å². The van der Waals surface area contributed by atoms with Gasteiger partial charge < -0.3 is 23.5 Å². The van der Waals surface area contributed by atoms with E-state index < -0.39 is 15.9 Å². The number of ether oxygens (including phenoxy) is 4. The minimum atomic E-state index is -3.79. The molecule has 0 atom stereocenters. The number of para-hydroxylation sites is 1. The van der Waals surface area contributed by atoms with Gasteiger partial charge >= 0.3 is 0 Å². The van der Waals surface area contributed by atoms with Crippen LogP contribution in [0.25, 0.3) is 10.2 Å². The van der Waals surface area contributed by atoms with Crippen molar-refractivity contribution in [3.8, 4) is 5.75 Å². The maximum atomic E-state index is 13.1. The quantitative estimate of drug-likeness (QED) is 0.329. The van der Waals surface area contributed by atoms with Crippen molar-refractivity contribution in [1.29, 1.82) is 0 Å². The van der Waals surface area contributed by atoms with E-state index in [-0.39, 0.29) is 36.8 Å². The smallest absolute Gasteiger partial charge is 0.279 e. The van der Waals surface area contributed by atoms with Gasteiger partial charge in [-0.1, -0.05) is 17.4 Å². The Balaban J connectivity index is 1.94. The van der Waals surface area contributed by atoms with Gasteiger partial charge in [0.05, 0.1) is 36.5 Å². The number of nitrogens with zero attached hydrogens (tertiary/aromatic N) is 3. The number of hydrogen-bond acceptors (Lipinski definition) is 8. The molecule has 0 aliphatic heterocycles. The molecule has 0 unspecified atom stereocenters. The van der Waals surface area contributed by atoms with Gasteiger partial charge in [-0.15, -0.1) is 0 Å². The van der Waals surface area contributed by atoms with Crippen LogP contribution < -0.4 is 9.54 Å². The second-order valence-corrected chi connectivity index (χ2v) is 10.6. The summed E-state index contributed by atoms with van der Waals surface area (Å²) in [5.41, 5.74) is 1.11. The molecule has 1 aromatic heterocycles. The molecule has 0 N–H and O–H groups in total. The van der Waals surface area contributed by atoms with E-state index in [0.717, 1.165) is 10.2 Å². The Hall–Kier alpha value is -2.61. The lowest BCUT2D eigenvalue weighted by molar-refractivity contribution is 0.0997. The predicted molar refractivity (Wildman–Crippen MR) is 137 cm³/mol. The van der Waals surface area contributed by atoms with Crippen LogP contribution in [0.15, 0.2) is 52.4 Å². The lowest BCUT2D eigenvalue weighted by Crippen LogP contribution is -2.36. The molecule has 0 saturated heterocycles. The maximum absolute atomic E-state index is 13.1. The molecule has 0 fully saturated rings. The molecule has 0 bridgehead atoms. The SMILES string of the molecule is COCCN(CCOC)S(=O)(=O)c1ccc(C(=O)N=c2sc3cccc(OC)c3n2CCOC)cc1. The van der Waals surface area contributed by atoms with Crippen LogP contribution in [0.1, 0.15) is 10.4 Å².